The summed E-state index contributed by atoms with van der Waals surface area (Å²) >= 11 is 0. The van der Waals surface area contributed by atoms with Crippen LogP contribution in [-0.2, 0) is 9.53 Å². The Morgan fingerprint density at radius 3 is 3.00 bits per heavy atom. The molecule has 1 aromatic heterocycles. The molecule has 8 nitrogen and oxygen atoms in total. The number of nitrogens with two attached hydrogens (primary N) is 1. The van der Waals surface area contributed by atoms with Crippen LogP contribution >= 0.6 is 0 Å². The van der Waals surface area contributed by atoms with Gasteiger partial charge in [0, 0.05) is 6.54 Å². The summed E-state index contributed by atoms with van der Waals surface area (Å²) in [7, 11) is 0. The monoisotopic (exact) mass is 262 g/mol. The first kappa shape index (κ1) is 13.1. The van der Waals surface area contributed by atoms with E-state index in [-0.39, 0.29) is 12.5 Å². The van der Waals surface area contributed by atoms with E-state index in [0.717, 1.165) is 0 Å². The molecular weight excluding hydrogens is 248 g/mol. The quantitative estimate of drug-likeness (QED) is 0.684. The third-order valence-electron chi connectivity index (χ3n) is 2.27. The van der Waals surface area contributed by atoms with Crippen LogP contribution in [0.15, 0.2) is 30.6 Å². The van der Waals surface area contributed by atoms with Crippen LogP contribution in [-0.4, -0.2) is 45.9 Å². The highest BCUT2D eigenvalue weighted by molar-refractivity contribution is 5.93. The molecular formula is C11H14N6O2. The first-order valence-electron chi connectivity index (χ1n) is 5.71. The molecule has 0 radical (unpaired) electrons. The Morgan fingerprint density at radius 1 is 1.42 bits per heavy atom. The zero-order valence-corrected chi connectivity index (χ0v) is 10.2. The largest absolute Gasteiger partial charge is 0.370 e. The van der Waals surface area contributed by atoms with E-state index >= 15 is 0 Å². The smallest absolute Gasteiger partial charge is 0.250 e. The number of hydrogen-bond acceptors (Lipinski definition) is 6. The molecule has 0 saturated heterocycles. The lowest BCUT2D eigenvalue weighted by atomic mass is 10.2. The maximum absolute atomic E-state index is 11.7. The number of aromatic nitrogens is 4. The van der Waals surface area contributed by atoms with E-state index in [0.29, 0.717) is 24.5 Å². The number of nitrogens with zero attached hydrogens (tertiary/aromatic N) is 4. The highest BCUT2D eigenvalue weighted by atomic mass is 16.5. The number of para-hydroxylation sites is 2. The summed E-state index contributed by atoms with van der Waals surface area (Å²) in [6.45, 7) is 0.692. The van der Waals surface area contributed by atoms with Gasteiger partial charge in [-0.3, -0.25) is 4.79 Å². The molecule has 0 aliphatic rings. The molecule has 1 aromatic carbocycles. The van der Waals surface area contributed by atoms with Gasteiger partial charge in [-0.1, -0.05) is 12.1 Å². The zero-order valence-electron chi connectivity index (χ0n) is 10.2. The fourth-order valence-electron chi connectivity index (χ4n) is 1.49. The molecule has 0 saturated carbocycles. The molecule has 0 atom stereocenters. The van der Waals surface area contributed by atoms with Crippen molar-refractivity contribution in [3.8, 4) is 5.69 Å². The molecule has 2 aromatic rings. The Balaban J connectivity index is 2.06. The van der Waals surface area contributed by atoms with Crippen molar-refractivity contribution < 1.29 is 9.53 Å². The van der Waals surface area contributed by atoms with Crippen LogP contribution in [0.3, 0.4) is 0 Å². The normalized spacial score (nSPS) is 10.4. The van der Waals surface area contributed by atoms with Crippen LogP contribution in [0.5, 0.6) is 0 Å². The lowest BCUT2D eigenvalue weighted by Crippen LogP contribution is -2.21. The van der Waals surface area contributed by atoms with Crippen LogP contribution in [0.2, 0.25) is 0 Å². The van der Waals surface area contributed by atoms with Gasteiger partial charge in [0.1, 0.15) is 12.9 Å². The second-order valence-electron chi connectivity index (χ2n) is 3.66. The predicted octanol–water partition coefficient (Wildman–Crippen LogP) is -0.424. The van der Waals surface area contributed by atoms with Crippen molar-refractivity contribution in [3.05, 3.63) is 30.6 Å². The Labute approximate surface area is 109 Å². The number of carbonyl (C=O) groups is 1. The second kappa shape index (κ2) is 6.57. The van der Waals surface area contributed by atoms with E-state index in [1.54, 1.807) is 12.1 Å². The highest BCUT2D eigenvalue weighted by Crippen LogP contribution is 2.18. The van der Waals surface area contributed by atoms with Gasteiger partial charge in [-0.2, -0.15) is 4.68 Å². The second-order valence-corrected chi connectivity index (χ2v) is 3.66. The summed E-state index contributed by atoms with van der Waals surface area (Å²) in [5.74, 6) is -0.256. The zero-order chi connectivity index (χ0) is 13.5. The van der Waals surface area contributed by atoms with E-state index in [2.05, 4.69) is 20.8 Å². The number of tetrazole rings is 1. The molecule has 0 unspecified atom stereocenters. The molecule has 0 bridgehead atoms. The van der Waals surface area contributed by atoms with Gasteiger partial charge >= 0.3 is 0 Å². The van der Waals surface area contributed by atoms with Crippen molar-refractivity contribution in [2.45, 2.75) is 0 Å². The first-order valence-corrected chi connectivity index (χ1v) is 5.71. The molecule has 100 valence electrons. The minimum atomic E-state index is -0.256. The predicted molar refractivity (Wildman–Crippen MR) is 67.7 cm³/mol. The Hall–Kier alpha value is -2.32. The van der Waals surface area contributed by atoms with Gasteiger partial charge < -0.3 is 15.8 Å². The van der Waals surface area contributed by atoms with Gasteiger partial charge in [-0.05, 0) is 22.6 Å². The van der Waals surface area contributed by atoms with Crippen LogP contribution in [0, 0.1) is 0 Å². The van der Waals surface area contributed by atoms with Gasteiger partial charge in [0.25, 0.3) is 0 Å². The molecule has 1 amide bonds. The topological polar surface area (TPSA) is 108 Å². The lowest BCUT2D eigenvalue weighted by molar-refractivity contribution is -0.120. The lowest BCUT2D eigenvalue weighted by Gasteiger charge is -2.10. The average molecular weight is 262 g/mol. The summed E-state index contributed by atoms with van der Waals surface area (Å²) in [4.78, 5) is 11.7. The third kappa shape index (κ3) is 3.57. The van der Waals surface area contributed by atoms with E-state index in [1.807, 2.05) is 12.1 Å². The SMILES string of the molecule is NCCOCC(=O)Nc1ccccc1-n1cnnn1. The minimum Gasteiger partial charge on any atom is -0.370 e. The maximum atomic E-state index is 11.7. The number of carbonyl (C=O) groups excluding carboxylic acids is 1. The van der Waals surface area contributed by atoms with Gasteiger partial charge in [-0.15, -0.1) is 5.10 Å². The summed E-state index contributed by atoms with van der Waals surface area (Å²) in [5, 5.41) is 13.6. The highest BCUT2D eigenvalue weighted by Gasteiger charge is 2.08. The summed E-state index contributed by atoms with van der Waals surface area (Å²) in [6.07, 6.45) is 1.45. The van der Waals surface area contributed by atoms with E-state index in [9.17, 15) is 4.79 Å². The van der Waals surface area contributed by atoms with Crippen LogP contribution in [0.25, 0.3) is 5.69 Å². The van der Waals surface area contributed by atoms with Crippen molar-refractivity contribution in [1.82, 2.24) is 20.2 Å². The van der Waals surface area contributed by atoms with Gasteiger partial charge in [0.2, 0.25) is 5.91 Å². The maximum Gasteiger partial charge on any atom is 0.250 e. The van der Waals surface area contributed by atoms with Gasteiger partial charge in [-0.25, -0.2) is 0 Å². The Morgan fingerprint density at radius 2 is 2.26 bits per heavy atom. The van der Waals surface area contributed by atoms with Crippen LogP contribution < -0.4 is 11.1 Å². The van der Waals surface area contributed by atoms with Crippen molar-refractivity contribution in [1.29, 1.82) is 0 Å². The Bertz CT molecular complexity index is 528. The van der Waals surface area contributed by atoms with Gasteiger partial charge in [0.15, 0.2) is 0 Å². The summed E-state index contributed by atoms with van der Waals surface area (Å²) < 4.78 is 6.53. The van der Waals surface area contributed by atoms with Crippen molar-refractivity contribution in [3.63, 3.8) is 0 Å². The average Bonchev–Trinajstić information content (AvgIpc) is 2.93. The fraction of sp³-hybridized carbons (Fsp3) is 0.273. The number of benzene rings is 1. The van der Waals surface area contributed by atoms with Gasteiger partial charge in [0.05, 0.1) is 18.0 Å². The van der Waals surface area contributed by atoms with E-state index in [1.165, 1.54) is 11.0 Å². The first-order chi connectivity index (χ1) is 9.31. The minimum absolute atomic E-state index is 0.0405. The van der Waals surface area contributed by atoms with Crippen molar-refractivity contribution in [2.24, 2.45) is 5.73 Å². The van der Waals surface area contributed by atoms with Crippen molar-refractivity contribution in [2.75, 3.05) is 25.1 Å². The summed E-state index contributed by atoms with van der Waals surface area (Å²) in [5.41, 5.74) is 6.56. The number of rotatable bonds is 6. The molecule has 1 heterocycles. The van der Waals surface area contributed by atoms with Crippen LogP contribution in [0.4, 0.5) is 5.69 Å². The number of anilines is 1. The number of amides is 1. The number of ether oxygens (including phenoxy) is 1. The molecule has 3 N–H and O–H groups in total. The standard InChI is InChI=1S/C11H14N6O2/c12-5-6-19-7-11(18)14-9-3-1-2-4-10(9)17-8-13-15-16-17/h1-4,8H,5-7,12H2,(H,14,18). The van der Waals surface area contributed by atoms with E-state index in [4.69, 9.17) is 10.5 Å². The summed E-state index contributed by atoms with van der Waals surface area (Å²) in [6, 6.07) is 7.20. The molecule has 0 spiro atoms. The molecule has 8 heteroatoms. The molecule has 19 heavy (non-hydrogen) atoms. The molecule has 0 aliphatic carbocycles. The van der Waals surface area contributed by atoms with E-state index < -0.39 is 0 Å². The molecule has 0 fully saturated rings. The van der Waals surface area contributed by atoms with Crippen molar-refractivity contribution >= 4 is 11.6 Å². The number of hydrogen-bond donors (Lipinski definition) is 2. The number of nitrogens with one attached hydrogen (secondary N) is 1. The fourth-order valence-corrected chi connectivity index (χ4v) is 1.49. The Kier molecular flexibility index (Phi) is 4.54. The molecule has 0 aliphatic heterocycles. The third-order valence-corrected chi connectivity index (χ3v) is 2.27. The molecule has 2 rings (SSSR count). The van der Waals surface area contributed by atoms with Crippen LogP contribution in [0.1, 0.15) is 0 Å².